The van der Waals surface area contributed by atoms with Crippen LogP contribution in [0.3, 0.4) is 0 Å². The first-order valence-electron chi connectivity index (χ1n) is 2.71. The van der Waals surface area contributed by atoms with Crippen molar-refractivity contribution in [3.63, 3.8) is 0 Å². The van der Waals surface area contributed by atoms with Crippen LogP contribution in [0.2, 0.25) is 0 Å². The molecule has 0 amide bonds. The van der Waals surface area contributed by atoms with Gasteiger partial charge in [-0.3, -0.25) is 5.41 Å². The summed E-state index contributed by atoms with van der Waals surface area (Å²) in [6.45, 7) is 0. The van der Waals surface area contributed by atoms with Crippen LogP contribution in [0.15, 0.2) is 24.3 Å². The van der Waals surface area contributed by atoms with E-state index in [-0.39, 0.29) is 10.4 Å². The zero-order valence-electron chi connectivity index (χ0n) is 5.07. The lowest BCUT2D eigenvalue weighted by molar-refractivity contribution is 0.625. The smallest absolute Gasteiger partial charge is 0.133 e. The molecule has 1 N–H and O–H groups in total. The molecule has 0 atom stereocenters. The first-order valence-corrected chi connectivity index (χ1v) is 3.50. The maximum Gasteiger partial charge on any atom is 0.133 e. The van der Waals surface area contributed by atoms with E-state index in [1.807, 2.05) is 0 Å². The van der Waals surface area contributed by atoms with Gasteiger partial charge in [-0.15, -0.1) is 0 Å². The Morgan fingerprint density at radius 1 is 1.40 bits per heavy atom. The van der Waals surface area contributed by atoms with Crippen molar-refractivity contribution in [3.8, 4) is 0 Å². The summed E-state index contributed by atoms with van der Waals surface area (Å²) in [5.74, 6) is -0.371. The number of benzene rings is 1. The van der Waals surface area contributed by atoms with Crippen molar-refractivity contribution in [2.75, 3.05) is 0 Å². The molecule has 0 aliphatic heterocycles. The molecule has 0 aliphatic carbocycles. The van der Waals surface area contributed by atoms with Crippen LogP contribution in [0.4, 0.5) is 4.39 Å². The summed E-state index contributed by atoms with van der Waals surface area (Å²) in [7, 11) is 0. The van der Waals surface area contributed by atoms with E-state index >= 15 is 0 Å². The third-order valence-corrected chi connectivity index (χ3v) is 1.54. The quantitative estimate of drug-likeness (QED) is 0.676. The molecule has 0 unspecified atom stereocenters. The maximum atomic E-state index is 12.7. The summed E-state index contributed by atoms with van der Waals surface area (Å²) in [6, 6.07) is 6.15. The number of halogens is 2. The Labute approximate surface area is 66.5 Å². The summed E-state index contributed by atoms with van der Waals surface area (Å²) in [4.78, 5) is 0. The van der Waals surface area contributed by atoms with E-state index < -0.39 is 0 Å². The highest BCUT2D eigenvalue weighted by molar-refractivity contribution is 9.18. The molecule has 10 heavy (non-hydrogen) atoms. The zero-order chi connectivity index (χ0) is 7.56. The predicted molar refractivity (Wildman–Crippen MR) is 42.2 cm³/mol. The van der Waals surface area contributed by atoms with Crippen LogP contribution >= 0.6 is 15.9 Å². The van der Waals surface area contributed by atoms with Crippen molar-refractivity contribution in [2.45, 2.75) is 0 Å². The molecule has 0 spiro atoms. The minimum Gasteiger partial charge on any atom is -0.293 e. The Balaban J connectivity index is 3.15. The molecule has 1 rings (SSSR count). The summed E-state index contributed by atoms with van der Waals surface area (Å²) < 4.78 is 12.7. The fourth-order valence-electron chi connectivity index (χ4n) is 0.639. The lowest BCUT2D eigenvalue weighted by Gasteiger charge is -1.95. The molecule has 0 fully saturated rings. The average Bonchev–Trinajstić information content (AvgIpc) is 1.88. The van der Waals surface area contributed by atoms with Crippen molar-refractivity contribution in [1.29, 1.82) is 5.41 Å². The lowest BCUT2D eigenvalue weighted by atomic mass is 10.2. The van der Waals surface area contributed by atoms with Crippen molar-refractivity contribution >= 4 is 20.6 Å². The standard InChI is InChI=1S/C7H5BrFN/c8-7(10)5-3-1-2-4-6(5)9/h1-4,10H. The zero-order valence-corrected chi connectivity index (χ0v) is 6.65. The van der Waals surface area contributed by atoms with E-state index in [1.165, 1.54) is 6.07 Å². The highest BCUT2D eigenvalue weighted by atomic mass is 79.9. The molecular weight excluding hydrogens is 197 g/mol. The molecule has 0 saturated heterocycles. The van der Waals surface area contributed by atoms with Gasteiger partial charge in [0.15, 0.2) is 0 Å². The fraction of sp³-hybridized carbons (Fsp3) is 0. The first-order chi connectivity index (χ1) is 4.72. The van der Waals surface area contributed by atoms with Crippen molar-refractivity contribution in [3.05, 3.63) is 35.6 Å². The molecule has 52 valence electrons. The molecule has 1 aromatic rings. The second-order valence-corrected chi connectivity index (χ2v) is 2.59. The monoisotopic (exact) mass is 201 g/mol. The van der Waals surface area contributed by atoms with Gasteiger partial charge in [-0.25, -0.2) is 4.39 Å². The van der Waals surface area contributed by atoms with Crippen LogP contribution in [0.5, 0.6) is 0 Å². The van der Waals surface area contributed by atoms with Crippen LogP contribution in [-0.4, -0.2) is 4.62 Å². The van der Waals surface area contributed by atoms with Crippen LogP contribution in [0, 0.1) is 11.2 Å². The van der Waals surface area contributed by atoms with E-state index in [0.717, 1.165) is 0 Å². The van der Waals surface area contributed by atoms with E-state index in [9.17, 15) is 4.39 Å². The number of hydrogen-bond donors (Lipinski definition) is 1. The predicted octanol–water partition coefficient (Wildman–Crippen LogP) is 2.55. The average molecular weight is 202 g/mol. The van der Waals surface area contributed by atoms with Gasteiger partial charge in [0.2, 0.25) is 0 Å². The Kier molecular flexibility index (Phi) is 2.17. The van der Waals surface area contributed by atoms with E-state index in [2.05, 4.69) is 15.9 Å². The Hall–Kier alpha value is -0.700. The van der Waals surface area contributed by atoms with Crippen molar-refractivity contribution in [1.82, 2.24) is 0 Å². The molecule has 1 aromatic carbocycles. The van der Waals surface area contributed by atoms with Crippen LogP contribution in [-0.2, 0) is 0 Å². The topological polar surface area (TPSA) is 23.9 Å². The normalized spacial score (nSPS) is 9.40. The number of hydrogen-bond acceptors (Lipinski definition) is 1. The molecule has 0 saturated carbocycles. The third kappa shape index (κ3) is 1.42. The number of nitrogens with one attached hydrogen (secondary N) is 1. The lowest BCUT2D eigenvalue weighted by Crippen LogP contribution is -1.91. The minimum absolute atomic E-state index is 0.0746. The van der Waals surface area contributed by atoms with Gasteiger partial charge in [-0.05, 0) is 28.1 Å². The molecule has 0 radical (unpaired) electrons. The molecule has 0 bridgehead atoms. The van der Waals surface area contributed by atoms with Gasteiger partial charge in [-0.2, -0.15) is 0 Å². The summed E-state index contributed by atoms with van der Waals surface area (Å²) in [5, 5.41) is 7.05. The van der Waals surface area contributed by atoms with Crippen LogP contribution in [0.25, 0.3) is 0 Å². The van der Waals surface area contributed by atoms with Crippen LogP contribution in [0.1, 0.15) is 5.56 Å². The highest BCUT2D eigenvalue weighted by Crippen LogP contribution is 2.09. The molecule has 0 aromatic heterocycles. The van der Waals surface area contributed by atoms with Gasteiger partial charge in [0.05, 0.1) is 0 Å². The number of rotatable bonds is 1. The Bertz CT molecular complexity index is 260. The highest BCUT2D eigenvalue weighted by Gasteiger charge is 2.01. The van der Waals surface area contributed by atoms with Gasteiger partial charge in [0.25, 0.3) is 0 Å². The molecule has 0 heterocycles. The maximum absolute atomic E-state index is 12.7. The van der Waals surface area contributed by atoms with Crippen molar-refractivity contribution < 1.29 is 4.39 Å². The van der Waals surface area contributed by atoms with Crippen LogP contribution < -0.4 is 0 Å². The van der Waals surface area contributed by atoms with Gasteiger partial charge in [0, 0.05) is 5.56 Å². The molecule has 0 aliphatic rings. The van der Waals surface area contributed by atoms with E-state index in [1.54, 1.807) is 18.2 Å². The Morgan fingerprint density at radius 3 is 2.40 bits per heavy atom. The first kappa shape index (κ1) is 7.41. The minimum atomic E-state index is -0.371. The molecule has 1 nitrogen and oxygen atoms in total. The largest absolute Gasteiger partial charge is 0.293 e. The fourth-order valence-corrected chi connectivity index (χ4v) is 0.961. The Morgan fingerprint density at radius 2 is 2.00 bits per heavy atom. The summed E-state index contributed by atoms with van der Waals surface area (Å²) in [5.41, 5.74) is 0.294. The molecular formula is C7H5BrFN. The van der Waals surface area contributed by atoms with Gasteiger partial charge in [-0.1, -0.05) is 12.1 Å². The third-order valence-electron chi connectivity index (χ3n) is 1.11. The van der Waals surface area contributed by atoms with Gasteiger partial charge in [0.1, 0.15) is 10.4 Å². The second-order valence-electron chi connectivity index (χ2n) is 1.79. The van der Waals surface area contributed by atoms with E-state index in [0.29, 0.717) is 5.56 Å². The van der Waals surface area contributed by atoms with Crippen molar-refractivity contribution in [2.24, 2.45) is 0 Å². The summed E-state index contributed by atoms with van der Waals surface area (Å²) in [6.07, 6.45) is 0. The van der Waals surface area contributed by atoms with Gasteiger partial charge >= 0.3 is 0 Å². The van der Waals surface area contributed by atoms with E-state index in [4.69, 9.17) is 5.41 Å². The van der Waals surface area contributed by atoms with Gasteiger partial charge < -0.3 is 0 Å². The summed E-state index contributed by atoms with van der Waals surface area (Å²) >= 11 is 2.88. The SMILES string of the molecule is N=C(Br)c1ccccc1F. The molecule has 3 heteroatoms. The second kappa shape index (κ2) is 2.92.